The summed E-state index contributed by atoms with van der Waals surface area (Å²) in [5.41, 5.74) is 3.41. The summed E-state index contributed by atoms with van der Waals surface area (Å²) in [6, 6.07) is 16.3. The molecule has 7 heteroatoms. The van der Waals surface area contributed by atoms with E-state index in [1.807, 2.05) is 54.6 Å². The van der Waals surface area contributed by atoms with Crippen LogP contribution in [0.5, 0.6) is 0 Å². The van der Waals surface area contributed by atoms with Crippen molar-refractivity contribution in [3.63, 3.8) is 0 Å². The first-order chi connectivity index (χ1) is 15.3. The molecular weight excluding hydrogens is 424 g/mol. The Hall–Kier alpha value is -2.87. The van der Waals surface area contributed by atoms with Crippen molar-refractivity contribution in [2.24, 2.45) is 0 Å². The number of benzene rings is 2. The summed E-state index contributed by atoms with van der Waals surface area (Å²) in [7, 11) is 0. The molecule has 2 aromatic rings. The number of hydrogen-bond donors (Lipinski definition) is 4. The summed E-state index contributed by atoms with van der Waals surface area (Å²) >= 11 is 4.03. The van der Waals surface area contributed by atoms with Gasteiger partial charge in [0.1, 0.15) is 0 Å². The molecule has 0 aliphatic heterocycles. The third kappa shape index (κ3) is 6.82. The van der Waals surface area contributed by atoms with E-state index in [-0.39, 0.29) is 6.54 Å². The van der Waals surface area contributed by atoms with Gasteiger partial charge >= 0.3 is 0 Å². The van der Waals surface area contributed by atoms with Gasteiger partial charge in [-0.05, 0) is 47.6 Å². The maximum Gasteiger partial charge on any atom is 0.254 e. The second-order valence-corrected chi connectivity index (χ2v) is 7.72. The van der Waals surface area contributed by atoms with Crippen molar-refractivity contribution in [1.82, 2.24) is 10.2 Å². The molecule has 3 unspecified atom stereocenters. The van der Waals surface area contributed by atoms with Crippen molar-refractivity contribution in [2.75, 3.05) is 6.54 Å². The number of aliphatic hydroxyl groups is 2. The Morgan fingerprint density at radius 2 is 1.72 bits per heavy atom. The van der Waals surface area contributed by atoms with E-state index in [9.17, 15) is 19.8 Å². The van der Waals surface area contributed by atoms with Gasteiger partial charge in [0.15, 0.2) is 12.2 Å². The quantitative estimate of drug-likeness (QED) is 0.328. The van der Waals surface area contributed by atoms with Gasteiger partial charge in [0.25, 0.3) is 11.8 Å². The first-order valence-electron chi connectivity index (χ1n) is 10.4. The predicted octanol–water partition coefficient (Wildman–Crippen LogP) is 3.09. The first kappa shape index (κ1) is 25.4. The van der Waals surface area contributed by atoms with Gasteiger partial charge in [-0.2, -0.15) is 12.6 Å². The summed E-state index contributed by atoms with van der Waals surface area (Å²) in [5, 5.41) is 24.9. The Kier molecular flexibility index (Phi) is 9.71. The SMILES string of the molecule is C=C(/C=C\S)c1ccc(C(C)NC(=O)C(O)C(O)C(=O)N(CC)Cc2ccccc2)cc1. The normalized spacial score (nSPS) is 13.9. The number of hydrogen-bond acceptors (Lipinski definition) is 5. The van der Waals surface area contributed by atoms with Crippen LogP contribution in [-0.4, -0.2) is 45.7 Å². The van der Waals surface area contributed by atoms with Crippen molar-refractivity contribution in [2.45, 2.75) is 38.6 Å². The number of carbonyl (C=O) groups excluding carboxylic acids is 2. The zero-order valence-corrected chi connectivity index (χ0v) is 19.2. The minimum Gasteiger partial charge on any atom is -0.380 e. The Balaban J connectivity index is 1.99. The fraction of sp³-hybridized carbons (Fsp3) is 0.280. The van der Waals surface area contributed by atoms with Crippen LogP contribution in [0.4, 0.5) is 0 Å². The van der Waals surface area contributed by atoms with Crippen LogP contribution in [0.2, 0.25) is 0 Å². The summed E-state index contributed by atoms with van der Waals surface area (Å²) in [6.45, 7) is 8.07. The molecule has 3 atom stereocenters. The molecule has 0 aliphatic rings. The van der Waals surface area contributed by atoms with Crippen LogP contribution >= 0.6 is 12.6 Å². The van der Waals surface area contributed by atoms with Crippen molar-refractivity contribution in [3.05, 3.63) is 89.4 Å². The van der Waals surface area contributed by atoms with Crippen molar-refractivity contribution in [3.8, 4) is 0 Å². The van der Waals surface area contributed by atoms with E-state index in [0.29, 0.717) is 6.54 Å². The number of carbonyl (C=O) groups is 2. The van der Waals surface area contributed by atoms with Gasteiger partial charge in [-0.25, -0.2) is 0 Å². The van der Waals surface area contributed by atoms with E-state index >= 15 is 0 Å². The average Bonchev–Trinajstić information content (AvgIpc) is 2.81. The lowest BCUT2D eigenvalue weighted by molar-refractivity contribution is -0.153. The molecular formula is C25H30N2O4S. The fourth-order valence-corrected chi connectivity index (χ4v) is 3.35. The number of amides is 2. The predicted molar refractivity (Wildman–Crippen MR) is 130 cm³/mol. The van der Waals surface area contributed by atoms with Crippen LogP contribution in [0.1, 0.15) is 36.6 Å². The van der Waals surface area contributed by atoms with E-state index in [4.69, 9.17) is 0 Å². The molecule has 0 aliphatic carbocycles. The van der Waals surface area contributed by atoms with E-state index in [1.54, 1.807) is 25.3 Å². The van der Waals surface area contributed by atoms with Crippen molar-refractivity contribution < 1.29 is 19.8 Å². The highest BCUT2D eigenvalue weighted by atomic mass is 32.1. The summed E-state index contributed by atoms with van der Waals surface area (Å²) in [5.74, 6) is -1.52. The van der Waals surface area contributed by atoms with Crippen LogP contribution in [-0.2, 0) is 16.1 Å². The minimum atomic E-state index is -1.88. The number of rotatable bonds is 10. The molecule has 2 amide bonds. The van der Waals surface area contributed by atoms with Crippen LogP contribution in [0.25, 0.3) is 5.57 Å². The summed E-state index contributed by atoms with van der Waals surface area (Å²) in [6.07, 6.45) is -1.96. The standard InChI is InChI=1S/C25H30N2O4S/c1-4-27(16-19-8-6-5-7-9-19)25(31)23(29)22(28)24(30)26-18(3)21-12-10-20(11-13-21)17(2)14-15-32/h5-15,18,22-23,28-29,32H,2,4,16H2,1,3H3,(H,26,30)/b15-14-. The molecule has 32 heavy (non-hydrogen) atoms. The van der Waals surface area contributed by atoms with Crippen LogP contribution in [0.3, 0.4) is 0 Å². The van der Waals surface area contributed by atoms with Crippen LogP contribution in [0, 0.1) is 0 Å². The third-order valence-electron chi connectivity index (χ3n) is 5.15. The van der Waals surface area contributed by atoms with Gasteiger partial charge in [-0.1, -0.05) is 61.2 Å². The number of nitrogens with one attached hydrogen (secondary N) is 1. The Morgan fingerprint density at radius 1 is 1.09 bits per heavy atom. The third-order valence-corrected chi connectivity index (χ3v) is 5.30. The highest BCUT2D eigenvalue weighted by Gasteiger charge is 2.33. The summed E-state index contributed by atoms with van der Waals surface area (Å²) in [4.78, 5) is 26.5. The molecule has 0 spiro atoms. The zero-order valence-electron chi connectivity index (χ0n) is 18.3. The largest absolute Gasteiger partial charge is 0.380 e. The molecule has 6 nitrogen and oxygen atoms in total. The van der Waals surface area contributed by atoms with Crippen LogP contribution in [0.15, 0.2) is 72.7 Å². The molecule has 0 aromatic heterocycles. The highest BCUT2D eigenvalue weighted by Crippen LogP contribution is 2.19. The maximum absolute atomic E-state index is 12.7. The Morgan fingerprint density at radius 3 is 2.28 bits per heavy atom. The molecule has 0 heterocycles. The molecule has 170 valence electrons. The smallest absolute Gasteiger partial charge is 0.254 e. The van der Waals surface area contributed by atoms with E-state index in [1.165, 1.54) is 4.90 Å². The molecule has 0 fully saturated rings. The number of aliphatic hydroxyl groups excluding tert-OH is 2. The fourth-order valence-electron chi connectivity index (χ4n) is 3.17. The van der Waals surface area contributed by atoms with Gasteiger partial charge in [0.05, 0.1) is 6.04 Å². The number of thiol groups is 1. The lowest BCUT2D eigenvalue weighted by atomic mass is 10.0. The molecule has 0 radical (unpaired) electrons. The van der Waals surface area contributed by atoms with Crippen LogP contribution < -0.4 is 5.32 Å². The van der Waals surface area contributed by atoms with E-state index < -0.39 is 30.1 Å². The molecule has 0 saturated carbocycles. The van der Waals surface area contributed by atoms with Gasteiger partial charge in [-0.3, -0.25) is 9.59 Å². The highest BCUT2D eigenvalue weighted by molar-refractivity contribution is 7.83. The molecule has 2 aromatic carbocycles. The van der Waals surface area contributed by atoms with Gasteiger partial charge in [0, 0.05) is 13.1 Å². The maximum atomic E-state index is 12.7. The lowest BCUT2D eigenvalue weighted by Crippen LogP contribution is -2.50. The Labute approximate surface area is 194 Å². The van der Waals surface area contributed by atoms with E-state index in [2.05, 4.69) is 24.5 Å². The summed E-state index contributed by atoms with van der Waals surface area (Å²) < 4.78 is 0. The van der Waals surface area contributed by atoms with Crippen molar-refractivity contribution in [1.29, 1.82) is 0 Å². The zero-order chi connectivity index (χ0) is 23.7. The lowest BCUT2D eigenvalue weighted by Gasteiger charge is -2.26. The Bertz CT molecular complexity index is 944. The van der Waals surface area contributed by atoms with Gasteiger partial charge < -0.3 is 20.4 Å². The van der Waals surface area contributed by atoms with Gasteiger partial charge in [-0.15, -0.1) is 0 Å². The van der Waals surface area contributed by atoms with E-state index in [0.717, 1.165) is 22.3 Å². The minimum absolute atomic E-state index is 0.276. The molecule has 3 N–H and O–H groups in total. The molecule has 0 saturated heterocycles. The number of likely N-dealkylation sites (N-methyl/N-ethyl adjacent to an activating group) is 1. The van der Waals surface area contributed by atoms with Crippen molar-refractivity contribution >= 4 is 30.0 Å². The number of nitrogens with zero attached hydrogens (tertiary/aromatic N) is 1. The first-order valence-corrected chi connectivity index (χ1v) is 10.9. The van der Waals surface area contributed by atoms with Gasteiger partial charge in [0.2, 0.25) is 0 Å². The molecule has 0 bridgehead atoms. The average molecular weight is 455 g/mol. The number of allylic oxidation sites excluding steroid dienone is 2. The topological polar surface area (TPSA) is 89.9 Å². The molecule has 2 rings (SSSR count). The second kappa shape index (κ2) is 12.2. The monoisotopic (exact) mass is 454 g/mol. The second-order valence-electron chi connectivity index (χ2n) is 7.42.